The first-order valence-corrected chi connectivity index (χ1v) is 8.20. The highest BCUT2D eigenvalue weighted by molar-refractivity contribution is 9.10. The Balaban J connectivity index is 1.78. The molecule has 0 bridgehead atoms. The largest absolute Gasteiger partial charge is 0.303 e. The summed E-state index contributed by atoms with van der Waals surface area (Å²) in [6.45, 7) is 2.14. The van der Waals surface area contributed by atoms with Gasteiger partial charge in [-0.25, -0.2) is 4.39 Å². The Labute approximate surface area is 133 Å². The Bertz CT molecular complexity index is 610. The van der Waals surface area contributed by atoms with Crippen LogP contribution in [0.4, 0.5) is 4.39 Å². The van der Waals surface area contributed by atoms with Gasteiger partial charge in [-0.1, -0.05) is 36.4 Å². The second kappa shape index (κ2) is 6.29. The number of hydrogen-bond donors (Lipinski definition) is 1. The maximum absolute atomic E-state index is 13.4. The fraction of sp³-hybridized carbons (Fsp3) is 0.333. The van der Waals surface area contributed by atoms with E-state index >= 15 is 0 Å². The molecule has 3 heteroatoms. The van der Waals surface area contributed by atoms with Crippen molar-refractivity contribution in [3.8, 4) is 0 Å². The van der Waals surface area contributed by atoms with Crippen LogP contribution in [-0.2, 0) is 0 Å². The zero-order valence-corrected chi connectivity index (χ0v) is 13.6. The van der Waals surface area contributed by atoms with E-state index in [1.807, 2.05) is 18.2 Å². The third kappa shape index (κ3) is 3.53. The molecule has 1 aliphatic carbocycles. The van der Waals surface area contributed by atoms with E-state index in [1.54, 1.807) is 0 Å². The highest BCUT2D eigenvalue weighted by Crippen LogP contribution is 2.42. The van der Waals surface area contributed by atoms with Crippen molar-refractivity contribution < 1.29 is 4.39 Å². The SMILES string of the molecule is CC(NC(c1ccccc1)C1CC1)c1ccc(F)c(Br)c1. The minimum absolute atomic E-state index is 0.188. The lowest BCUT2D eigenvalue weighted by Crippen LogP contribution is -2.26. The highest BCUT2D eigenvalue weighted by Gasteiger charge is 2.33. The molecule has 0 aromatic heterocycles. The van der Waals surface area contributed by atoms with Gasteiger partial charge in [0, 0.05) is 12.1 Å². The van der Waals surface area contributed by atoms with Crippen LogP contribution in [-0.4, -0.2) is 0 Å². The van der Waals surface area contributed by atoms with Gasteiger partial charge in [0.05, 0.1) is 4.47 Å². The van der Waals surface area contributed by atoms with Crippen LogP contribution in [0.15, 0.2) is 53.0 Å². The predicted octanol–water partition coefficient (Wildman–Crippen LogP) is 5.39. The summed E-state index contributed by atoms with van der Waals surface area (Å²) in [4.78, 5) is 0. The second-order valence-electron chi connectivity index (χ2n) is 5.79. The van der Waals surface area contributed by atoms with Gasteiger partial charge < -0.3 is 5.32 Å². The van der Waals surface area contributed by atoms with Crippen molar-refractivity contribution in [2.24, 2.45) is 5.92 Å². The number of halogens is 2. The van der Waals surface area contributed by atoms with Crippen molar-refractivity contribution in [1.29, 1.82) is 0 Å². The molecule has 0 spiro atoms. The standard InChI is InChI=1S/C18H19BrFN/c1-12(15-9-10-17(20)16(19)11-15)21-18(14-7-8-14)13-5-3-2-4-6-13/h2-6,9-12,14,18,21H,7-8H2,1H3. The van der Waals surface area contributed by atoms with Crippen LogP contribution >= 0.6 is 15.9 Å². The molecule has 21 heavy (non-hydrogen) atoms. The number of rotatable bonds is 5. The molecule has 0 amide bonds. The zero-order chi connectivity index (χ0) is 14.8. The Morgan fingerprint density at radius 3 is 2.43 bits per heavy atom. The van der Waals surface area contributed by atoms with Crippen molar-refractivity contribution >= 4 is 15.9 Å². The topological polar surface area (TPSA) is 12.0 Å². The van der Waals surface area contributed by atoms with Crippen molar-refractivity contribution in [2.45, 2.75) is 31.8 Å². The summed E-state index contributed by atoms with van der Waals surface area (Å²) < 4.78 is 13.9. The van der Waals surface area contributed by atoms with E-state index in [2.05, 4.69) is 52.4 Å². The molecule has 0 heterocycles. The third-order valence-corrected chi connectivity index (χ3v) is 4.73. The number of benzene rings is 2. The van der Waals surface area contributed by atoms with Crippen molar-refractivity contribution in [3.63, 3.8) is 0 Å². The lowest BCUT2D eigenvalue weighted by atomic mass is 9.99. The van der Waals surface area contributed by atoms with E-state index < -0.39 is 0 Å². The first-order chi connectivity index (χ1) is 10.1. The van der Waals surface area contributed by atoms with Crippen LogP contribution in [0, 0.1) is 11.7 Å². The highest BCUT2D eigenvalue weighted by atomic mass is 79.9. The average Bonchev–Trinajstić information content (AvgIpc) is 3.33. The molecule has 1 fully saturated rings. The average molecular weight is 348 g/mol. The smallest absolute Gasteiger partial charge is 0.137 e. The van der Waals surface area contributed by atoms with Crippen molar-refractivity contribution in [2.75, 3.05) is 0 Å². The monoisotopic (exact) mass is 347 g/mol. The fourth-order valence-corrected chi connectivity index (χ4v) is 3.14. The first-order valence-electron chi connectivity index (χ1n) is 7.41. The molecule has 2 aromatic carbocycles. The second-order valence-corrected chi connectivity index (χ2v) is 6.64. The van der Waals surface area contributed by atoms with Gasteiger partial charge in [-0.2, -0.15) is 0 Å². The third-order valence-electron chi connectivity index (χ3n) is 4.13. The molecule has 110 valence electrons. The zero-order valence-electron chi connectivity index (χ0n) is 12.0. The Morgan fingerprint density at radius 2 is 1.81 bits per heavy atom. The van der Waals surface area contributed by atoms with Crippen LogP contribution in [0.3, 0.4) is 0 Å². The Morgan fingerprint density at radius 1 is 1.10 bits per heavy atom. The summed E-state index contributed by atoms with van der Waals surface area (Å²) in [6, 6.07) is 16.4. The lowest BCUT2D eigenvalue weighted by molar-refractivity contribution is 0.427. The summed E-state index contributed by atoms with van der Waals surface area (Å²) in [7, 11) is 0. The summed E-state index contributed by atoms with van der Waals surface area (Å²) in [5.74, 6) is 0.506. The summed E-state index contributed by atoms with van der Waals surface area (Å²) in [5.41, 5.74) is 2.44. The van der Waals surface area contributed by atoms with E-state index in [0.717, 1.165) is 11.5 Å². The van der Waals surface area contributed by atoms with E-state index in [4.69, 9.17) is 0 Å². The molecule has 1 saturated carbocycles. The van der Waals surface area contributed by atoms with Crippen LogP contribution in [0.1, 0.15) is 43.0 Å². The van der Waals surface area contributed by atoms with Gasteiger partial charge in [0.2, 0.25) is 0 Å². The summed E-state index contributed by atoms with van der Waals surface area (Å²) in [5, 5.41) is 3.71. The normalized spacial score (nSPS) is 17.5. The molecule has 0 radical (unpaired) electrons. The van der Waals surface area contributed by atoms with Gasteiger partial charge in [-0.3, -0.25) is 0 Å². The predicted molar refractivity (Wildman–Crippen MR) is 87.6 cm³/mol. The van der Waals surface area contributed by atoms with E-state index in [1.165, 1.54) is 24.5 Å². The van der Waals surface area contributed by atoms with Crippen LogP contribution in [0.25, 0.3) is 0 Å². The molecule has 0 saturated heterocycles. The Hall–Kier alpha value is -1.19. The maximum atomic E-state index is 13.4. The van der Waals surface area contributed by atoms with Crippen LogP contribution in [0.2, 0.25) is 0 Å². The van der Waals surface area contributed by atoms with E-state index in [-0.39, 0.29) is 11.9 Å². The van der Waals surface area contributed by atoms with E-state index in [9.17, 15) is 4.39 Å². The molecular formula is C18H19BrFN. The van der Waals surface area contributed by atoms with Gasteiger partial charge in [0.25, 0.3) is 0 Å². The van der Waals surface area contributed by atoms with Gasteiger partial charge >= 0.3 is 0 Å². The minimum atomic E-state index is -0.215. The van der Waals surface area contributed by atoms with Gasteiger partial charge in [0.15, 0.2) is 0 Å². The molecule has 1 nitrogen and oxygen atoms in total. The van der Waals surface area contributed by atoms with Gasteiger partial charge in [-0.15, -0.1) is 0 Å². The van der Waals surface area contributed by atoms with Crippen molar-refractivity contribution in [3.05, 3.63) is 69.9 Å². The molecule has 3 rings (SSSR count). The fourth-order valence-electron chi connectivity index (χ4n) is 2.74. The van der Waals surface area contributed by atoms with E-state index in [0.29, 0.717) is 10.5 Å². The summed E-state index contributed by atoms with van der Waals surface area (Å²) >= 11 is 3.26. The first kappa shape index (κ1) is 14.7. The number of hydrogen-bond acceptors (Lipinski definition) is 1. The van der Waals surface area contributed by atoms with Crippen LogP contribution in [0.5, 0.6) is 0 Å². The van der Waals surface area contributed by atoms with Crippen molar-refractivity contribution in [1.82, 2.24) is 5.32 Å². The molecule has 2 atom stereocenters. The Kier molecular flexibility index (Phi) is 4.41. The molecule has 0 aliphatic heterocycles. The van der Waals surface area contributed by atoms with Gasteiger partial charge in [-0.05, 0) is 64.9 Å². The van der Waals surface area contributed by atoms with Gasteiger partial charge in [0.1, 0.15) is 5.82 Å². The maximum Gasteiger partial charge on any atom is 0.137 e. The van der Waals surface area contributed by atoms with Crippen LogP contribution < -0.4 is 5.32 Å². The quantitative estimate of drug-likeness (QED) is 0.764. The molecule has 1 N–H and O–H groups in total. The molecule has 2 unspecified atom stereocenters. The lowest BCUT2D eigenvalue weighted by Gasteiger charge is -2.24. The molecule has 2 aromatic rings. The molecule has 1 aliphatic rings. The summed E-state index contributed by atoms with van der Waals surface area (Å²) in [6.07, 6.45) is 2.57. The minimum Gasteiger partial charge on any atom is -0.303 e. The molecular weight excluding hydrogens is 329 g/mol. The number of nitrogens with one attached hydrogen (secondary N) is 1.